The Bertz CT molecular complexity index is 691. The fourth-order valence-corrected chi connectivity index (χ4v) is 2.54. The molecule has 0 aromatic carbocycles. The number of amides is 2. The molecule has 1 saturated heterocycles. The van der Waals surface area contributed by atoms with E-state index in [9.17, 15) is 9.59 Å². The molecule has 0 spiro atoms. The molecule has 8 heteroatoms. The van der Waals surface area contributed by atoms with Crippen LogP contribution in [-0.2, 0) is 11.3 Å². The zero-order valence-electron chi connectivity index (χ0n) is 13.4. The second-order valence-corrected chi connectivity index (χ2v) is 5.53. The largest absolute Gasteiger partial charge is 0.467 e. The lowest BCUT2D eigenvalue weighted by Crippen LogP contribution is -2.48. The molecule has 0 radical (unpaired) electrons. The van der Waals surface area contributed by atoms with Gasteiger partial charge in [-0.15, -0.1) is 10.2 Å². The van der Waals surface area contributed by atoms with Crippen molar-refractivity contribution >= 4 is 17.6 Å². The molecule has 2 aromatic heterocycles. The molecule has 3 heterocycles. The molecule has 3 rings (SSSR count). The van der Waals surface area contributed by atoms with E-state index in [2.05, 4.69) is 20.4 Å². The molecule has 0 aliphatic carbocycles. The first-order chi connectivity index (χ1) is 11.6. The first kappa shape index (κ1) is 16.0. The minimum absolute atomic E-state index is 0.0873. The molecule has 1 fully saturated rings. The highest BCUT2D eigenvalue weighted by molar-refractivity contribution is 5.92. The highest BCUT2D eigenvalue weighted by atomic mass is 16.3. The number of anilines is 1. The van der Waals surface area contributed by atoms with Crippen LogP contribution in [-0.4, -0.2) is 53.1 Å². The molecule has 0 atom stereocenters. The topological polar surface area (TPSA) is 91.6 Å². The van der Waals surface area contributed by atoms with Crippen LogP contribution in [0.5, 0.6) is 0 Å². The minimum Gasteiger partial charge on any atom is -0.467 e. The summed E-state index contributed by atoms with van der Waals surface area (Å²) in [6.07, 6.45) is 1.56. The van der Waals surface area contributed by atoms with E-state index >= 15 is 0 Å². The SMILES string of the molecule is CC(=O)N1CCN(c2ccc(C(=O)NCc3ccco3)nn2)CC1. The van der Waals surface area contributed by atoms with Gasteiger partial charge in [0.25, 0.3) is 5.91 Å². The van der Waals surface area contributed by atoms with E-state index in [4.69, 9.17) is 4.42 Å². The lowest BCUT2D eigenvalue weighted by Gasteiger charge is -2.34. The van der Waals surface area contributed by atoms with Crippen LogP contribution in [0.25, 0.3) is 0 Å². The molecule has 2 amide bonds. The first-order valence-electron chi connectivity index (χ1n) is 7.78. The lowest BCUT2D eigenvalue weighted by atomic mass is 10.3. The quantitative estimate of drug-likeness (QED) is 0.886. The van der Waals surface area contributed by atoms with Crippen molar-refractivity contribution in [2.75, 3.05) is 31.1 Å². The third kappa shape index (κ3) is 3.70. The molecule has 24 heavy (non-hydrogen) atoms. The van der Waals surface area contributed by atoms with Gasteiger partial charge in [0, 0.05) is 33.1 Å². The fraction of sp³-hybridized carbons (Fsp3) is 0.375. The van der Waals surface area contributed by atoms with Gasteiger partial charge >= 0.3 is 0 Å². The molecular weight excluding hydrogens is 310 g/mol. The second-order valence-electron chi connectivity index (χ2n) is 5.53. The van der Waals surface area contributed by atoms with E-state index in [1.54, 1.807) is 42.4 Å². The van der Waals surface area contributed by atoms with Crippen molar-refractivity contribution in [1.82, 2.24) is 20.4 Å². The normalized spacial score (nSPS) is 14.5. The predicted molar refractivity (Wildman–Crippen MR) is 86.4 cm³/mol. The van der Waals surface area contributed by atoms with Gasteiger partial charge in [0.05, 0.1) is 12.8 Å². The summed E-state index contributed by atoms with van der Waals surface area (Å²) in [6, 6.07) is 6.98. The molecule has 126 valence electrons. The summed E-state index contributed by atoms with van der Waals surface area (Å²) in [6.45, 7) is 4.63. The van der Waals surface area contributed by atoms with Crippen molar-refractivity contribution in [2.24, 2.45) is 0 Å². The Hall–Kier alpha value is -2.90. The summed E-state index contributed by atoms with van der Waals surface area (Å²) in [7, 11) is 0. The minimum atomic E-state index is -0.299. The Morgan fingerprint density at radius 3 is 2.54 bits per heavy atom. The Labute approximate surface area is 139 Å². The van der Waals surface area contributed by atoms with Crippen LogP contribution in [0.1, 0.15) is 23.2 Å². The van der Waals surface area contributed by atoms with Gasteiger partial charge in [-0.05, 0) is 24.3 Å². The number of nitrogens with zero attached hydrogens (tertiary/aromatic N) is 4. The second kappa shape index (κ2) is 7.12. The van der Waals surface area contributed by atoms with Crippen molar-refractivity contribution in [3.05, 3.63) is 42.0 Å². The molecule has 2 aromatic rings. The van der Waals surface area contributed by atoms with E-state index in [0.717, 1.165) is 0 Å². The summed E-state index contributed by atoms with van der Waals surface area (Å²) in [4.78, 5) is 27.2. The average molecular weight is 329 g/mol. The molecule has 0 saturated carbocycles. The number of carbonyl (C=O) groups is 2. The van der Waals surface area contributed by atoms with E-state index < -0.39 is 0 Å². The molecule has 1 aliphatic heterocycles. The molecule has 1 aliphatic rings. The van der Waals surface area contributed by atoms with Gasteiger partial charge in [-0.1, -0.05) is 0 Å². The van der Waals surface area contributed by atoms with Crippen molar-refractivity contribution in [1.29, 1.82) is 0 Å². The van der Waals surface area contributed by atoms with E-state index in [0.29, 0.717) is 44.3 Å². The summed E-state index contributed by atoms with van der Waals surface area (Å²) >= 11 is 0. The number of rotatable bonds is 4. The van der Waals surface area contributed by atoms with E-state index in [1.807, 2.05) is 0 Å². The number of aromatic nitrogens is 2. The smallest absolute Gasteiger partial charge is 0.272 e. The van der Waals surface area contributed by atoms with Crippen LogP contribution in [0, 0.1) is 0 Å². The van der Waals surface area contributed by atoms with Crippen LogP contribution in [0.2, 0.25) is 0 Å². The predicted octanol–water partition coefficient (Wildman–Crippen LogP) is 0.668. The number of hydrogen-bond donors (Lipinski definition) is 1. The first-order valence-corrected chi connectivity index (χ1v) is 7.78. The highest BCUT2D eigenvalue weighted by Gasteiger charge is 2.20. The van der Waals surface area contributed by atoms with Crippen LogP contribution in [0.4, 0.5) is 5.82 Å². The van der Waals surface area contributed by atoms with Gasteiger partial charge in [0.1, 0.15) is 5.76 Å². The van der Waals surface area contributed by atoms with E-state index in [1.165, 1.54) is 0 Å². The molecular formula is C16H19N5O3. The maximum atomic E-state index is 12.0. The summed E-state index contributed by atoms with van der Waals surface area (Å²) in [5.41, 5.74) is 0.257. The van der Waals surface area contributed by atoms with Gasteiger partial charge in [0.2, 0.25) is 5.91 Å². The average Bonchev–Trinajstić information content (AvgIpc) is 3.13. The Morgan fingerprint density at radius 1 is 1.17 bits per heavy atom. The van der Waals surface area contributed by atoms with Gasteiger partial charge < -0.3 is 19.5 Å². The van der Waals surface area contributed by atoms with Crippen LogP contribution in [0.15, 0.2) is 34.9 Å². The zero-order valence-corrected chi connectivity index (χ0v) is 13.4. The standard InChI is InChI=1S/C16H19N5O3/c1-12(22)20-6-8-21(9-7-20)15-5-4-14(18-19-15)16(23)17-11-13-3-2-10-24-13/h2-5,10H,6-9,11H2,1H3,(H,17,23). The fourth-order valence-electron chi connectivity index (χ4n) is 2.54. The van der Waals surface area contributed by atoms with Gasteiger partial charge in [-0.25, -0.2) is 0 Å². The number of hydrogen-bond acceptors (Lipinski definition) is 6. The number of nitrogens with one attached hydrogen (secondary N) is 1. The Kier molecular flexibility index (Phi) is 4.74. The Morgan fingerprint density at radius 2 is 1.96 bits per heavy atom. The van der Waals surface area contributed by atoms with Gasteiger partial charge in [-0.2, -0.15) is 0 Å². The number of furan rings is 1. The lowest BCUT2D eigenvalue weighted by molar-refractivity contribution is -0.129. The monoisotopic (exact) mass is 329 g/mol. The maximum absolute atomic E-state index is 12.0. The highest BCUT2D eigenvalue weighted by Crippen LogP contribution is 2.13. The van der Waals surface area contributed by atoms with Crippen LogP contribution < -0.4 is 10.2 Å². The zero-order chi connectivity index (χ0) is 16.9. The third-order valence-corrected chi connectivity index (χ3v) is 3.94. The third-order valence-electron chi connectivity index (χ3n) is 3.94. The summed E-state index contributed by atoms with van der Waals surface area (Å²) < 4.78 is 5.16. The molecule has 0 bridgehead atoms. The van der Waals surface area contributed by atoms with Crippen LogP contribution >= 0.6 is 0 Å². The summed E-state index contributed by atoms with van der Waals surface area (Å²) in [5, 5.41) is 10.8. The Balaban J connectivity index is 1.55. The molecule has 0 unspecified atom stereocenters. The van der Waals surface area contributed by atoms with Gasteiger partial charge in [0.15, 0.2) is 11.5 Å². The van der Waals surface area contributed by atoms with Crippen molar-refractivity contribution in [2.45, 2.75) is 13.5 Å². The number of carbonyl (C=O) groups excluding carboxylic acids is 2. The van der Waals surface area contributed by atoms with Crippen molar-refractivity contribution in [3.8, 4) is 0 Å². The maximum Gasteiger partial charge on any atom is 0.272 e. The van der Waals surface area contributed by atoms with Gasteiger partial charge in [-0.3, -0.25) is 9.59 Å². The van der Waals surface area contributed by atoms with E-state index in [-0.39, 0.29) is 17.5 Å². The molecule has 8 nitrogen and oxygen atoms in total. The van der Waals surface area contributed by atoms with Crippen LogP contribution in [0.3, 0.4) is 0 Å². The number of piperazine rings is 1. The van der Waals surface area contributed by atoms with Crippen molar-refractivity contribution < 1.29 is 14.0 Å². The van der Waals surface area contributed by atoms with Crippen molar-refractivity contribution in [3.63, 3.8) is 0 Å². The molecule has 1 N–H and O–H groups in total. The summed E-state index contributed by atoms with van der Waals surface area (Å²) in [5.74, 6) is 1.17.